The molecule has 128 valence electrons. The van der Waals surface area contributed by atoms with Crippen molar-refractivity contribution >= 4 is 11.7 Å². The molecule has 0 atom stereocenters. The number of anilines is 1. The van der Waals surface area contributed by atoms with E-state index >= 15 is 0 Å². The van der Waals surface area contributed by atoms with E-state index < -0.39 is 0 Å². The molecule has 1 N–H and O–H groups in total. The average molecular weight is 335 g/mol. The second-order valence-electron chi connectivity index (χ2n) is 5.99. The standard InChI is InChI=1S/C20H21N3O2/c1-15-7-9-17(10-8-15)13-23-12-11-19(22-23)21-20(24)14-25-18-6-4-3-5-16(18)2/h3-12H,13-14H2,1-2H3,(H,21,22,24). The SMILES string of the molecule is Cc1ccc(Cn2ccc(NC(=O)COc3ccccc3C)n2)cc1. The maximum Gasteiger partial charge on any atom is 0.263 e. The Balaban J connectivity index is 1.53. The molecule has 0 fully saturated rings. The van der Waals surface area contributed by atoms with Gasteiger partial charge in [-0.05, 0) is 31.0 Å². The third-order valence-corrected chi connectivity index (χ3v) is 3.83. The van der Waals surface area contributed by atoms with Gasteiger partial charge in [-0.15, -0.1) is 0 Å². The van der Waals surface area contributed by atoms with Crippen molar-refractivity contribution in [1.82, 2.24) is 9.78 Å². The summed E-state index contributed by atoms with van der Waals surface area (Å²) in [6.45, 7) is 4.62. The topological polar surface area (TPSA) is 56.2 Å². The summed E-state index contributed by atoms with van der Waals surface area (Å²) in [4.78, 5) is 12.0. The van der Waals surface area contributed by atoms with Crippen LogP contribution >= 0.6 is 0 Å². The Hall–Kier alpha value is -3.08. The third kappa shape index (κ3) is 4.70. The number of hydrogen-bond acceptors (Lipinski definition) is 3. The van der Waals surface area contributed by atoms with Gasteiger partial charge in [-0.25, -0.2) is 0 Å². The van der Waals surface area contributed by atoms with Crippen LogP contribution in [0.3, 0.4) is 0 Å². The number of carbonyl (C=O) groups excluding carboxylic acids is 1. The average Bonchev–Trinajstić information content (AvgIpc) is 3.03. The summed E-state index contributed by atoms with van der Waals surface area (Å²) in [6, 6.07) is 17.7. The predicted molar refractivity (Wildman–Crippen MR) is 97.8 cm³/mol. The van der Waals surface area contributed by atoms with Crippen LogP contribution in [0.4, 0.5) is 5.82 Å². The molecule has 3 aromatic rings. The van der Waals surface area contributed by atoms with Crippen molar-refractivity contribution in [2.24, 2.45) is 0 Å². The quantitative estimate of drug-likeness (QED) is 0.749. The Morgan fingerprint density at radius 3 is 2.60 bits per heavy atom. The molecule has 0 aliphatic heterocycles. The van der Waals surface area contributed by atoms with Gasteiger partial charge in [-0.2, -0.15) is 5.10 Å². The minimum Gasteiger partial charge on any atom is -0.483 e. The number of aryl methyl sites for hydroxylation is 2. The molecule has 0 unspecified atom stereocenters. The molecule has 0 saturated carbocycles. The fourth-order valence-corrected chi connectivity index (χ4v) is 2.44. The van der Waals surface area contributed by atoms with Gasteiger partial charge in [0.2, 0.25) is 0 Å². The van der Waals surface area contributed by atoms with E-state index in [9.17, 15) is 4.79 Å². The van der Waals surface area contributed by atoms with E-state index in [4.69, 9.17) is 4.74 Å². The summed E-state index contributed by atoms with van der Waals surface area (Å²) < 4.78 is 7.33. The number of amides is 1. The van der Waals surface area contributed by atoms with Crippen LogP contribution in [0.2, 0.25) is 0 Å². The normalized spacial score (nSPS) is 10.5. The summed E-state index contributed by atoms with van der Waals surface area (Å²) in [5.74, 6) is 0.997. The van der Waals surface area contributed by atoms with E-state index in [1.807, 2.05) is 37.4 Å². The van der Waals surface area contributed by atoms with Crippen molar-refractivity contribution in [1.29, 1.82) is 0 Å². The van der Waals surface area contributed by atoms with Crippen molar-refractivity contribution in [3.63, 3.8) is 0 Å². The van der Waals surface area contributed by atoms with Gasteiger partial charge in [0.1, 0.15) is 5.75 Å². The Labute approximate surface area is 147 Å². The van der Waals surface area contributed by atoms with Crippen molar-refractivity contribution in [2.45, 2.75) is 20.4 Å². The zero-order valence-electron chi connectivity index (χ0n) is 14.4. The number of benzene rings is 2. The van der Waals surface area contributed by atoms with Gasteiger partial charge in [-0.1, -0.05) is 48.0 Å². The molecule has 1 heterocycles. The molecule has 0 spiro atoms. The van der Waals surface area contributed by atoms with Gasteiger partial charge in [0.05, 0.1) is 6.54 Å². The molecule has 2 aromatic carbocycles. The highest BCUT2D eigenvalue weighted by atomic mass is 16.5. The van der Waals surface area contributed by atoms with Gasteiger partial charge >= 0.3 is 0 Å². The number of hydrogen-bond donors (Lipinski definition) is 1. The fraction of sp³-hybridized carbons (Fsp3) is 0.200. The molecular weight excluding hydrogens is 314 g/mol. The summed E-state index contributed by atoms with van der Waals surface area (Å²) >= 11 is 0. The van der Waals surface area contributed by atoms with Crippen LogP contribution in [0.1, 0.15) is 16.7 Å². The zero-order valence-corrected chi connectivity index (χ0v) is 14.4. The summed E-state index contributed by atoms with van der Waals surface area (Å²) in [7, 11) is 0. The molecule has 1 aromatic heterocycles. The van der Waals surface area contributed by atoms with E-state index in [2.05, 4.69) is 41.6 Å². The summed E-state index contributed by atoms with van der Waals surface area (Å²) in [6.07, 6.45) is 1.84. The first-order valence-corrected chi connectivity index (χ1v) is 8.17. The Bertz CT molecular complexity index is 853. The van der Waals surface area contributed by atoms with Crippen LogP contribution in [-0.2, 0) is 11.3 Å². The number of aromatic nitrogens is 2. The molecule has 5 heteroatoms. The fourth-order valence-electron chi connectivity index (χ4n) is 2.44. The lowest BCUT2D eigenvalue weighted by molar-refractivity contribution is -0.118. The van der Waals surface area contributed by atoms with E-state index in [-0.39, 0.29) is 12.5 Å². The van der Waals surface area contributed by atoms with Crippen LogP contribution < -0.4 is 10.1 Å². The number of rotatable bonds is 6. The van der Waals surface area contributed by atoms with Gasteiger partial charge in [0.15, 0.2) is 12.4 Å². The Morgan fingerprint density at radius 2 is 1.84 bits per heavy atom. The molecule has 0 bridgehead atoms. The Morgan fingerprint density at radius 1 is 1.08 bits per heavy atom. The number of nitrogens with one attached hydrogen (secondary N) is 1. The summed E-state index contributed by atoms with van der Waals surface area (Å²) in [5, 5.41) is 7.12. The zero-order chi connectivity index (χ0) is 17.6. The van der Waals surface area contributed by atoms with E-state index in [1.54, 1.807) is 10.7 Å². The molecule has 5 nitrogen and oxygen atoms in total. The predicted octanol–water partition coefficient (Wildman–Crippen LogP) is 3.57. The van der Waals surface area contributed by atoms with Crippen molar-refractivity contribution in [3.8, 4) is 5.75 Å². The van der Waals surface area contributed by atoms with E-state index in [1.165, 1.54) is 5.56 Å². The molecule has 25 heavy (non-hydrogen) atoms. The maximum atomic E-state index is 12.0. The molecule has 0 aliphatic carbocycles. The van der Waals surface area contributed by atoms with Gasteiger partial charge in [0, 0.05) is 12.3 Å². The van der Waals surface area contributed by atoms with Gasteiger partial charge in [-0.3, -0.25) is 9.48 Å². The van der Waals surface area contributed by atoms with E-state index in [0.29, 0.717) is 18.1 Å². The van der Waals surface area contributed by atoms with Crippen LogP contribution in [0.15, 0.2) is 60.8 Å². The van der Waals surface area contributed by atoms with Crippen LogP contribution in [0.5, 0.6) is 5.75 Å². The molecule has 0 saturated heterocycles. The molecule has 0 aliphatic rings. The second kappa shape index (κ2) is 7.66. The van der Waals surface area contributed by atoms with Crippen LogP contribution in [-0.4, -0.2) is 22.3 Å². The molecular formula is C20H21N3O2. The smallest absolute Gasteiger partial charge is 0.263 e. The highest BCUT2D eigenvalue weighted by molar-refractivity contribution is 5.90. The van der Waals surface area contributed by atoms with Gasteiger partial charge < -0.3 is 10.1 Å². The maximum absolute atomic E-state index is 12.0. The minimum absolute atomic E-state index is 0.0460. The molecule has 0 radical (unpaired) electrons. The molecule has 3 rings (SSSR count). The number of carbonyl (C=O) groups is 1. The first-order chi connectivity index (χ1) is 12.1. The number of ether oxygens (including phenoxy) is 1. The monoisotopic (exact) mass is 335 g/mol. The van der Waals surface area contributed by atoms with Crippen molar-refractivity contribution < 1.29 is 9.53 Å². The number of nitrogens with zero attached hydrogens (tertiary/aromatic N) is 2. The highest BCUT2D eigenvalue weighted by Crippen LogP contribution is 2.16. The Kier molecular flexibility index (Phi) is 5.14. The van der Waals surface area contributed by atoms with E-state index in [0.717, 1.165) is 11.1 Å². The summed E-state index contributed by atoms with van der Waals surface area (Å²) in [5.41, 5.74) is 3.39. The molecule has 1 amide bonds. The largest absolute Gasteiger partial charge is 0.483 e. The van der Waals surface area contributed by atoms with Crippen LogP contribution in [0, 0.1) is 13.8 Å². The lowest BCUT2D eigenvalue weighted by Crippen LogP contribution is -2.20. The first kappa shape index (κ1) is 16.8. The third-order valence-electron chi connectivity index (χ3n) is 3.83. The van der Waals surface area contributed by atoms with Crippen molar-refractivity contribution in [2.75, 3.05) is 11.9 Å². The van der Waals surface area contributed by atoms with Gasteiger partial charge in [0.25, 0.3) is 5.91 Å². The lowest BCUT2D eigenvalue weighted by atomic mass is 10.1. The minimum atomic E-state index is -0.233. The van der Waals surface area contributed by atoms with Crippen molar-refractivity contribution in [3.05, 3.63) is 77.5 Å². The number of para-hydroxylation sites is 1. The lowest BCUT2D eigenvalue weighted by Gasteiger charge is -2.08. The van der Waals surface area contributed by atoms with Crippen LogP contribution in [0.25, 0.3) is 0 Å². The highest BCUT2D eigenvalue weighted by Gasteiger charge is 2.07. The first-order valence-electron chi connectivity index (χ1n) is 8.17. The second-order valence-corrected chi connectivity index (χ2v) is 5.99.